The first-order valence-electron chi connectivity index (χ1n) is 12.0. The summed E-state index contributed by atoms with van der Waals surface area (Å²) in [6.07, 6.45) is 1.17. The van der Waals surface area contributed by atoms with E-state index in [0.29, 0.717) is 24.1 Å². The topological polar surface area (TPSA) is 90.9 Å². The molecule has 0 radical (unpaired) electrons. The highest BCUT2D eigenvalue weighted by Gasteiger charge is 2.43. The maximum atomic E-state index is 13.1. The fraction of sp³-hybridized carbons (Fsp3) is 0.680. The molecular formula is C25H39N3O4S. The average molecular weight is 478 g/mol. The van der Waals surface area contributed by atoms with E-state index < -0.39 is 18.2 Å². The van der Waals surface area contributed by atoms with Crippen molar-refractivity contribution in [3.63, 3.8) is 0 Å². The number of carbonyl (C=O) groups excluding carboxylic acids is 2. The van der Waals surface area contributed by atoms with Crippen LogP contribution in [0.1, 0.15) is 52.5 Å². The maximum absolute atomic E-state index is 13.1. The number of fused-ring (bicyclic) bond motifs is 1. The van der Waals surface area contributed by atoms with Crippen LogP contribution in [0.3, 0.4) is 0 Å². The molecule has 5 atom stereocenters. The van der Waals surface area contributed by atoms with Crippen LogP contribution in [0.4, 0.5) is 4.79 Å². The Labute approximate surface area is 202 Å². The van der Waals surface area contributed by atoms with Crippen molar-refractivity contribution >= 4 is 23.8 Å². The van der Waals surface area contributed by atoms with Crippen molar-refractivity contribution in [1.29, 1.82) is 0 Å². The van der Waals surface area contributed by atoms with E-state index in [2.05, 4.69) is 15.5 Å². The fourth-order valence-electron chi connectivity index (χ4n) is 4.64. The number of carbonyl (C=O) groups is 2. The van der Waals surface area contributed by atoms with Crippen LogP contribution in [0.15, 0.2) is 30.3 Å². The number of rotatable bonds is 8. The van der Waals surface area contributed by atoms with E-state index >= 15 is 0 Å². The van der Waals surface area contributed by atoms with E-state index in [9.17, 15) is 14.7 Å². The number of benzene rings is 1. The summed E-state index contributed by atoms with van der Waals surface area (Å²) < 4.78 is 5.33. The summed E-state index contributed by atoms with van der Waals surface area (Å²) in [5, 5.41) is 17.5. The van der Waals surface area contributed by atoms with Gasteiger partial charge < -0.3 is 20.5 Å². The Hall–Kier alpha value is -1.77. The van der Waals surface area contributed by atoms with E-state index in [0.717, 1.165) is 30.7 Å². The smallest absolute Gasteiger partial charge is 0.407 e. The predicted octanol–water partition coefficient (Wildman–Crippen LogP) is 3.16. The first-order valence-corrected chi connectivity index (χ1v) is 13.0. The standard InChI is InChI=1S/C25H39N3O4S/c1-5-19(26-24(31)32-16-17-9-7-6-8-10-17)21(29)15-28-14-18-11-12-33-22(18)13-20(28)23(30)27-25(2,3)4/h6-10,18-22,29H,5,11-16H2,1-4H3,(H,26,31)(H,27,30). The summed E-state index contributed by atoms with van der Waals surface area (Å²) in [5.41, 5.74) is 0.600. The fourth-order valence-corrected chi connectivity index (χ4v) is 6.20. The summed E-state index contributed by atoms with van der Waals surface area (Å²) in [5.74, 6) is 1.69. The molecule has 8 heteroatoms. The molecule has 1 aromatic rings. The number of aliphatic hydroxyl groups excluding tert-OH is 1. The molecule has 2 amide bonds. The first kappa shape index (κ1) is 25.8. The summed E-state index contributed by atoms with van der Waals surface area (Å²) >= 11 is 1.97. The number of nitrogens with one attached hydrogen (secondary N) is 2. The quantitative estimate of drug-likeness (QED) is 0.533. The van der Waals surface area contributed by atoms with Crippen LogP contribution in [0.5, 0.6) is 0 Å². The van der Waals surface area contributed by atoms with Crippen LogP contribution < -0.4 is 10.6 Å². The predicted molar refractivity (Wildman–Crippen MR) is 132 cm³/mol. The summed E-state index contributed by atoms with van der Waals surface area (Å²) in [6, 6.07) is 8.78. The van der Waals surface area contributed by atoms with Crippen molar-refractivity contribution in [3.8, 4) is 0 Å². The van der Waals surface area contributed by atoms with E-state index in [1.165, 1.54) is 0 Å². The number of likely N-dealkylation sites (tertiary alicyclic amines) is 1. The number of ether oxygens (including phenoxy) is 1. The molecule has 0 bridgehead atoms. The van der Waals surface area contributed by atoms with Crippen LogP contribution in [-0.2, 0) is 16.1 Å². The maximum Gasteiger partial charge on any atom is 0.407 e. The number of alkyl carbamates (subject to hydrolysis) is 1. The third kappa shape index (κ3) is 7.62. The van der Waals surface area contributed by atoms with Gasteiger partial charge in [-0.25, -0.2) is 4.79 Å². The minimum atomic E-state index is -0.796. The molecule has 0 saturated carbocycles. The zero-order chi connectivity index (χ0) is 24.0. The molecule has 3 N–H and O–H groups in total. The SMILES string of the molecule is CCC(NC(=O)OCc1ccccc1)C(O)CN1CC2CCSC2CC1C(=O)NC(C)(C)C. The molecule has 3 rings (SSSR count). The lowest BCUT2D eigenvalue weighted by Crippen LogP contribution is -2.60. The molecule has 0 aliphatic carbocycles. The van der Waals surface area contributed by atoms with E-state index in [1.807, 2.05) is 69.8 Å². The molecule has 2 aliphatic rings. The van der Waals surface area contributed by atoms with E-state index in [-0.39, 0.29) is 24.1 Å². The Morgan fingerprint density at radius 3 is 2.67 bits per heavy atom. The third-order valence-corrected chi connectivity index (χ3v) is 7.83. The molecule has 1 aromatic carbocycles. The number of hydrogen-bond acceptors (Lipinski definition) is 6. The summed E-state index contributed by atoms with van der Waals surface area (Å²) in [4.78, 5) is 27.6. The lowest BCUT2D eigenvalue weighted by Gasteiger charge is -2.43. The largest absolute Gasteiger partial charge is 0.445 e. The summed E-state index contributed by atoms with van der Waals surface area (Å²) in [7, 11) is 0. The lowest BCUT2D eigenvalue weighted by molar-refractivity contribution is -0.130. The Morgan fingerprint density at radius 1 is 1.27 bits per heavy atom. The molecule has 2 saturated heterocycles. The van der Waals surface area contributed by atoms with Gasteiger partial charge in [0, 0.05) is 23.9 Å². The van der Waals surface area contributed by atoms with Crippen molar-refractivity contribution in [3.05, 3.63) is 35.9 Å². The number of hydrogen-bond donors (Lipinski definition) is 3. The monoisotopic (exact) mass is 477 g/mol. The average Bonchev–Trinajstić information content (AvgIpc) is 3.22. The van der Waals surface area contributed by atoms with Crippen LogP contribution in [0.2, 0.25) is 0 Å². The first-order chi connectivity index (χ1) is 15.7. The minimum Gasteiger partial charge on any atom is -0.445 e. The van der Waals surface area contributed by atoms with Gasteiger partial charge in [-0.15, -0.1) is 0 Å². The van der Waals surface area contributed by atoms with Crippen LogP contribution in [0.25, 0.3) is 0 Å². The number of piperidine rings is 1. The number of amides is 2. The van der Waals surface area contributed by atoms with Crippen LogP contribution in [0, 0.1) is 5.92 Å². The number of nitrogens with zero attached hydrogens (tertiary/aromatic N) is 1. The van der Waals surface area contributed by atoms with Gasteiger partial charge in [0.1, 0.15) is 6.61 Å². The Morgan fingerprint density at radius 2 is 2.00 bits per heavy atom. The minimum absolute atomic E-state index is 0.0175. The number of β-amino-alcohol motifs (C(OH)–C–C–N with tert-alkyl or cyclic N) is 1. The highest BCUT2D eigenvalue weighted by molar-refractivity contribution is 8.00. The van der Waals surface area contributed by atoms with Gasteiger partial charge in [-0.05, 0) is 57.3 Å². The van der Waals surface area contributed by atoms with Crippen LogP contribution >= 0.6 is 11.8 Å². The van der Waals surface area contributed by atoms with Gasteiger partial charge in [0.25, 0.3) is 0 Å². The normalized spacial score (nSPS) is 25.1. The van der Waals surface area contributed by atoms with Gasteiger partial charge in [-0.3, -0.25) is 9.69 Å². The van der Waals surface area contributed by atoms with Gasteiger partial charge in [0.15, 0.2) is 0 Å². The van der Waals surface area contributed by atoms with E-state index in [1.54, 1.807) is 0 Å². The molecule has 7 nitrogen and oxygen atoms in total. The van der Waals surface area contributed by atoms with Gasteiger partial charge in [0.2, 0.25) is 5.91 Å². The molecule has 33 heavy (non-hydrogen) atoms. The van der Waals surface area contributed by atoms with Gasteiger partial charge in [-0.1, -0.05) is 37.3 Å². The Balaban J connectivity index is 1.59. The molecule has 184 valence electrons. The molecule has 0 spiro atoms. The van der Waals surface area contributed by atoms with Crippen LogP contribution in [-0.4, -0.2) is 69.8 Å². The van der Waals surface area contributed by atoms with Crippen molar-refractivity contribution in [2.24, 2.45) is 5.92 Å². The molecule has 5 unspecified atom stereocenters. The zero-order valence-electron chi connectivity index (χ0n) is 20.3. The van der Waals surface area contributed by atoms with Gasteiger partial charge in [-0.2, -0.15) is 11.8 Å². The van der Waals surface area contributed by atoms with Gasteiger partial charge >= 0.3 is 6.09 Å². The second-order valence-corrected chi connectivity index (χ2v) is 11.5. The zero-order valence-corrected chi connectivity index (χ0v) is 21.1. The highest BCUT2D eigenvalue weighted by Crippen LogP contribution is 2.40. The van der Waals surface area contributed by atoms with Crippen molar-refractivity contribution < 1.29 is 19.4 Å². The molecule has 2 heterocycles. The Bertz CT molecular complexity index is 786. The van der Waals surface area contributed by atoms with Gasteiger partial charge in [0.05, 0.1) is 18.2 Å². The Kier molecular flexibility index (Phi) is 9.07. The number of aliphatic hydroxyl groups is 1. The highest BCUT2D eigenvalue weighted by atomic mass is 32.2. The van der Waals surface area contributed by atoms with Crippen molar-refractivity contribution in [1.82, 2.24) is 15.5 Å². The van der Waals surface area contributed by atoms with Crippen molar-refractivity contribution in [2.45, 2.75) is 82.5 Å². The molecule has 0 aromatic heterocycles. The molecule has 2 fully saturated rings. The lowest BCUT2D eigenvalue weighted by atomic mass is 9.89. The second-order valence-electron chi connectivity index (χ2n) is 10.2. The summed E-state index contributed by atoms with van der Waals surface area (Å²) in [6.45, 7) is 9.20. The van der Waals surface area contributed by atoms with Crippen molar-refractivity contribution in [2.75, 3.05) is 18.8 Å². The number of thioether (sulfide) groups is 1. The van der Waals surface area contributed by atoms with E-state index in [4.69, 9.17) is 4.74 Å². The molecular weight excluding hydrogens is 438 g/mol. The molecule has 2 aliphatic heterocycles. The second kappa shape index (κ2) is 11.6. The third-order valence-electron chi connectivity index (χ3n) is 6.35.